The predicted molar refractivity (Wildman–Crippen MR) is 106 cm³/mol. The molecular formula is C19H28N4O2S. The van der Waals surface area contributed by atoms with Crippen molar-refractivity contribution in [3.63, 3.8) is 0 Å². The van der Waals surface area contributed by atoms with Gasteiger partial charge in [0, 0.05) is 26.6 Å². The molecule has 26 heavy (non-hydrogen) atoms. The van der Waals surface area contributed by atoms with Crippen LogP contribution in [-0.2, 0) is 13.0 Å². The first-order valence-electron chi connectivity index (χ1n) is 9.23. The SMILES string of the molecule is Cc1c(C(=O)N(C)CC(C)(C)CN)sc2nc3n(c(=O)c12)CCCCC3. The number of hydrogen-bond acceptors (Lipinski definition) is 5. The number of rotatable bonds is 4. The summed E-state index contributed by atoms with van der Waals surface area (Å²) < 4.78 is 1.81. The third-order valence-corrected chi connectivity index (χ3v) is 6.34. The molecule has 0 spiro atoms. The van der Waals surface area contributed by atoms with E-state index in [1.54, 1.807) is 11.9 Å². The number of amides is 1. The van der Waals surface area contributed by atoms with Gasteiger partial charge in [-0.3, -0.25) is 14.2 Å². The Morgan fingerprint density at radius 2 is 2.08 bits per heavy atom. The number of nitrogens with zero attached hydrogens (tertiary/aromatic N) is 3. The van der Waals surface area contributed by atoms with Crippen LogP contribution in [-0.4, -0.2) is 40.5 Å². The zero-order valence-corrected chi connectivity index (χ0v) is 16.9. The number of aromatic nitrogens is 2. The third kappa shape index (κ3) is 3.42. The molecule has 0 saturated heterocycles. The Balaban J connectivity index is 2.03. The van der Waals surface area contributed by atoms with Crippen molar-refractivity contribution in [3.8, 4) is 0 Å². The Hall–Kier alpha value is -1.73. The topological polar surface area (TPSA) is 81.2 Å². The van der Waals surface area contributed by atoms with Crippen LogP contribution in [0.3, 0.4) is 0 Å². The largest absolute Gasteiger partial charge is 0.340 e. The summed E-state index contributed by atoms with van der Waals surface area (Å²) in [6, 6.07) is 0. The standard InChI is InChI=1S/C19H28N4O2S/c1-12-14-16(21-13-8-6-5-7-9-23(13)17(14)24)26-15(12)18(25)22(4)11-19(2,3)10-20/h5-11,20H2,1-4H3. The van der Waals surface area contributed by atoms with Crippen LogP contribution in [0.4, 0.5) is 0 Å². The Labute approximate surface area is 158 Å². The molecule has 0 atom stereocenters. The maximum atomic E-state index is 13.0. The van der Waals surface area contributed by atoms with Crippen LogP contribution in [0.1, 0.15) is 54.2 Å². The van der Waals surface area contributed by atoms with Gasteiger partial charge in [-0.25, -0.2) is 4.98 Å². The molecule has 2 aromatic heterocycles. The summed E-state index contributed by atoms with van der Waals surface area (Å²) in [7, 11) is 1.79. The molecule has 1 amide bonds. The van der Waals surface area contributed by atoms with Crippen molar-refractivity contribution in [2.45, 2.75) is 53.0 Å². The molecule has 2 N–H and O–H groups in total. The lowest BCUT2D eigenvalue weighted by Gasteiger charge is -2.28. The Bertz CT molecular complexity index is 897. The fourth-order valence-corrected chi connectivity index (χ4v) is 4.75. The average molecular weight is 377 g/mol. The van der Waals surface area contributed by atoms with E-state index in [2.05, 4.69) is 0 Å². The average Bonchev–Trinajstić information content (AvgIpc) is 2.77. The van der Waals surface area contributed by atoms with Gasteiger partial charge in [-0.05, 0) is 37.3 Å². The second-order valence-electron chi connectivity index (χ2n) is 8.06. The number of fused-ring (bicyclic) bond motifs is 2. The van der Waals surface area contributed by atoms with E-state index in [-0.39, 0.29) is 16.9 Å². The minimum absolute atomic E-state index is 0.00430. The summed E-state index contributed by atoms with van der Waals surface area (Å²) in [5.41, 5.74) is 6.41. The molecule has 0 radical (unpaired) electrons. The van der Waals surface area contributed by atoms with E-state index in [1.807, 2.05) is 25.3 Å². The normalized spacial score (nSPS) is 15.0. The van der Waals surface area contributed by atoms with Crippen LogP contribution in [0, 0.1) is 12.3 Å². The molecule has 0 aliphatic carbocycles. The summed E-state index contributed by atoms with van der Waals surface area (Å²) in [6.45, 7) is 7.74. The molecule has 0 aromatic carbocycles. The van der Waals surface area contributed by atoms with Crippen molar-refractivity contribution in [2.75, 3.05) is 20.1 Å². The van der Waals surface area contributed by atoms with Gasteiger partial charge in [0.2, 0.25) is 0 Å². The molecule has 2 aromatic rings. The first kappa shape index (κ1) is 19.0. The van der Waals surface area contributed by atoms with Gasteiger partial charge in [-0.15, -0.1) is 11.3 Å². The van der Waals surface area contributed by atoms with E-state index < -0.39 is 0 Å². The van der Waals surface area contributed by atoms with Gasteiger partial charge < -0.3 is 10.6 Å². The Morgan fingerprint density at radius 3 is 2.77 bits per heavy atom. The van der Waals surface area contributed by atoms with Crippen molar-refractivity contribution in [3.05, 3.63) is 26.6 Å². The van der Waals surface area contributed by atoms with Gasteiger partial charge in [-0.1, -0.05) is 20.3 Å². The van der Waals surface area contributed by atoms with E-state index in [0.29, 0.717) is 28.2 Å². The van der Waals surface area contributed by atoms with Crippen molar-refractivity contribution >= 4 is 27.5 Å². The molecule has 3 heterocycles. The quantitative estimate of drug-likeness (QED) is 0.889. The summed E-state index contributed by atoms with van der Waals surface area (Å²) in [5.74, 6) is 0.796. The number of carbonyl (C=O) groups excluding carboxylic acids is 1. The smallest absolute Gasteiger partial charge is 0.264 e. The molecule has 142 valence electrons. The molecule has 0 unspecified atom stereocenters. The van der Waals surface area contributed by atoms with Gasteiger partial charge in [0.15, 0.2) is 0 Å². The summed E-state index contributed by atoms with van der Waals surface area (Å²) >= 11 is 1.34. The highest BCUT2D eigenvalue weighted by Crippen LogP contribution is 2.30. The van der Waals surface area contributed by atoms with Crippen LogP contribution in [0.2, 0.25) is 0 Å². The molecular weight excluding hydrogens is 348 g/mol. The number of thiophene rings is 1. The Kier molecular flexibility index (Phi) is 5.21. The maximum Gasteiger partial charge on any atom is 0.264 e. The van der Waals surface area contributed by atoms with Gasteiger partial charge in [0.1, 0.15) is 10.7 Å². The lowest BCUT2D eigenvalue weighted by molar-refractivity contribution is 0.0745. The minimum Gasteiger partial charge on any atom is -0.340 e. The van der Waals surface area contributed by atoms with Crippen LogP contribution >= 0.6 is 11.3 Å². The van der Waals surface area contributed by atoms with E-state index in [4.69, 9.17) is 10.7 Å². The first-order valence-corrected chi connectivity index (χ1v) is 10.0. The molecule has 0 fully saturated rings. The maximum absolute atomic E-state index is 13.0. The molecule has 7 heteroatoms. The summed E-state index contributed by atoms with van der Waals surface area (Å²) in [4.78, 5) is 33.7. The lowest BCUT2D eigenvalue weighted by Crippen LogP contribution is -2.39. The number of nitrogens with two attached hydrogens (primary N) is 1. The first-order chi connectivity index (χ1) is 12.2. The molecule has 0 bridgehead atoms. The van der Waals surface area contributed by atoms with Crippen LogP contribution in [0.15, 0.2) is 4.79 Å². The van der Waals surface area contributed by atoms with E-state index in [9.17, 15) is 9.59 Å². The lowest BCUT2D eigenvalue weighted by atomic mass is 9.93. The van der Waals surface area contributed by atoms with Crippen molar-refractivity contribution in [1.82, 2.24) is 14.5 Å². The zero-order chi connectivity index (χ0) is 19.1. The monoisotopic (exact) mass is 376 g/mol. The number of carbonyl (C=O) groups is 1. The highest BCUT2D eigenvalue weighted by molar-refractivity contribution is 7.20. The van der Waals surface area contributed by atoms with Crippen molar-refractivity contribution < 1.29 is 4.79 Å². The van der Waals surface area contributed by atoms with Gasteiger partial charge in [0.05, 0.1) is 10.3 Å². The molecule has 1 aliphatic heterocycles. The van der Waals surface area contributed by atoms with Gasteiger partial charge in [-0.2, -0.15) is 0 Å². The predicted octanol–water partition coefficient (Wildman–Crippen LogP) is 2.55. The van der Waals surface area contributed by atoms with Crippen LogP contribution in [0.25, 0.3) is 10.2 Å². The van der Waals surface area contributed by atoms with Crippen molar-refractivity contribution in [2.24, 2.45) is 11.1 Å². The highest BCUT2D eigenvalue weighted by Gasteiger charge is 2.26. The zero-order valence-electron chi connectivity index (χ0n) is 16.1. The molecule has 0 saturated carbocycles. The third-order valence-electron chi connectivity index (χ3n) is 5.17. The number of aryl methyl sites for hydroxylation is 2. The minimum atomic E-state index is -0.149. The second-order valence-corrected chi connectivity index (χ2v) is 9.06. The van der Waals surface area contributed by atoms with Gasteiger partial charge in [0.25, 0.3) is 11.5 Å². The van der Waals surface area contributed by atoms with Crippen LogP contribution in [0.5, 0.6) is 0 Å². The Morgan fingerprint density at radius 1 is 1.35 bits per heavy atom. The molecule has 1 aliphatic rings. The number of hydrogen-bond donors (Lipinski definition) is 1. The van der Waals surface area contributed by atoms with E-state index >= 15 is 0 Å². The fourth-order valence-electron chi connectivity index (χ4n) is 3.57. The molecule has 6 nitrogen and oxygen atoms in total. The fraction of sp³-hybridized carbons (Fsp3) is 0.632. The summed E-state index contributed by atoms with van der Waals surface area (Å²) in [5, 5.41) is 0.607. The second kappa shape index (κ2) is 7.12. The van der Waals surface area contributed by atoms with E-state index in [1.165, 1.54) is 11.3 Å². The van der Waals surface area contributed by atoms with Crippen molar-refractivity contribution in [1.29, 1.82) is 0 Å². The van der Waals surface area contributed by atoms with Crippen LogP contribution < -0.4 is 11.3 Å². The van der Waals surface area contributed by atoms with E-state index in [0.717, 1.165) is 43.6 Å². The highest BCUT2D eigenvalue weighted by atomic mass is 32.1. The molecule has 3 rings (SSSR count). The van der Waals surface area contributed by atoms with Gasteiger partial charge >= 0.3 is 0 Å². The summed E-state index contributed by atoms with van der Waals surface area (Å²) in [6.07, 6.45) is 4.02.